The molecule has 0 atom stereocenters. The molecule has 0 aliphatic rings. The lowest BCUT2D eigenvalue weighted by atomic mass is 10.1. The number of anilines is 2. The molecule has 0 heterocycles. The van der Waals surface area contributed by atoms with Crippen molar-refractivity contribution in [2.75, 3.05) is 10.6 Å². The number of nitriles is 1. The van der Waals surface area contributed by atoms with Crippen LogP contribution in [0.2, 0.25) is 0 Å². The van der Waals surface area contributed by atoms with Gasteiger partial charge >= 0.3 is 12.3 Å². The van der Waals surface area contributed by atoms with E-state index in [4.69, 9.17) is 10.00 Å². The molecule has 10 heteroatoms. The van der Waals surface area contributed by atoms with E-state index in [9.17, 15) is 27.2 Å². The van der Waals surface area contributed by atoms with Crippen molar-refractivity contribution in [1.29, 1.82) is 5.26 Å². The predicted octanol–water partition coefficient (Wildman–Crippen LogP) is 5.32. The molecule has 6 nitrogen and oxygen atoms in total. The molecule has 2 aromatic rings. The Kier molecular flexibility index (Phi) is 6.35. The van der Waals surface area contributed by atoms with Crippen molar-refractivity contribution in [3.05, 3.63) is 58.9 Å². The summed E-state index contributed by atoms with van der Waals surface area (Å²) in [6.45, 7) is 4.94. The molecule has 2 amide bonds. The number of amides is 2. The van der Waals surface area contributed by atoms with Crippen molar-refractivity contribution >= 4 is 23.4 Å². The number of carbonyl (C=O) groups is 2. The Morgan fingerprint density at radius 1 is 1.03 bits per heavy atom. The van der Waals surface area contributed by atoms with Crippen molar-refractivity contribution in [2.24, 2.45) is 0 Å². The van der Waals surface area contributed by atoms with Crippen LogP contribution in [0, 0.1) is 17.1 Å². The highest BCUT2D eigenvalue weighted by molar-refractivity contribution is 6.05. The topological polar surface area (TPSA) is 91.2 Å². The zero-order valence-electron chi connectivity index (χ0n) is 16.1. The summed E-state index contributed by atoms with van der Waals surface area (Å²) in [5, 5.41) is 13.4. The highest BCUT2D eigenvalue weighted by Gasteiger charge is 2.32. The van der Waals surface area contributed by atoms with Crippen LogP contribution in [0.3, 0.4) is 0 Å². The lowest BCUT2D eigenvalue weighted by molar-refractivity contribution is -0.137. The lowest BCUT2D eigenvalue weighted by Gasteiger charge is -2.20. The van der Waals surface area contributed by atoms with Gasteiger partial charge in [0.25, 0.3) is 5.91 Å². The van der Waals surface area contributed by atoms with Crippen molar-refractivity contribution < 1.29 is 31.9 Å². The van der Waals surface area contributed by atoms with Gasteiger partial charge in [0.2, 0.25) is 0 Å². The Balaban J connectivity index is 2.27. The maximum Gasteiger partial charge on any atom is 0.416 e. The van der Waals surface area contributed by atoms with Crippen LogP contribution in [0.15, 0.2) is 36.4 Å². The van der Waals surface area contributed by atoms with Gasteiger partial charge in [0.1, 0.15) is 11.4 Å². The van der Waals surface area contributed by atoms with Gasteiger partial charge < -0.3 is 10.1 Å². The van der Waals surface area contributed by atoms with E-state index in [1.54, 1.807) is 26.8 Å². The first kappa shape index (κ1) is 22.7. The van der Waals surface area contributed by atoms with E-state index in [-0.39, 0.29) is 16.9 Å². The van der Waals surface area contributed by atoms with Crippen LogP contribution >= 0.6 is 0 Å². The zero-order valence-corrected chi connectivity index (χ0v) is 16.1. The number of ether oxygens (including phenoxy) is 1. The Hall–Kier alpha value is -3.61. The SMILES string of the molecule is CC(C)(C)OC(=O)Nc1ccc(F)c(NC(=O)c2cc(C#N)cc(C(F)(F)F)c2)c1. The van der Waals surface area contributed by atoms with Crippen molar-refractivity contribution in [1.82, 2.24) is 0 Å². The summed E-state index contributed by atoms with van der Waals surface area (Å²) in [6.07, 6.45) is -5.59. The average molecular weight is 423 g/mol. The van der Waals surface area contributed by atoms with Crippen molar-refractivity contribution in [3.8, 4) is 6.07 Å². The lowest BCUT2D eigenvalue weighted by Crippen LogP contribution is -2.27. The predicted molar refractivity (Wildman–Crippen MR) is 100 cm³/mol. The van der Waals surface area contributed by atoms with Crippen LogP contribution < -0.4 is 10.6 Å². The van der Waals surface area contributed by atoms with Crippen LogP contribution in [0.5, 0.6) is 0 Å². The summed E-state index contributed by atoms with van der Waals surface area (Å²) < 4.78 is 58.1. The maximum absolute atomic E-state index is 14.1. The second-order valence-corrected chi connectivity index (χ2v) is 7.18. The van der Waals surface area contributed by atoms with Crippen LogP contribution in [0.4, 0.5) is 33.7 Å². The first-order chi connectivity index (χ1) is 13.8. The van der Waals surface area contributed by atoms with E-state index < -0.39 is 40.7 Å². The molecule has 0 unspecified atom stereocenters. The number of halogens is 4. The number of nitrogens with zero attached hydrogens (tertiary/aromatic N) is 1. The molecule has 0 bridgehead atoms. The number of carbonyl (C=O) groups excluding carboxylic acids is 2. The van der Waals surface area contributed by atoms with Crippen LogP contribution in [-0.4, -0.2) is 17.6 Å². The van der Waals surface area contributed by atoms with E-state index in [0.29, 0.717) is 12.1 Å². The number of nitrogens with one attached hydrogen (secondary N) is 2. The Morgan fingerprint density at radius 3 is 2.27 bits per heavy atom. The fraction of sp³-hybridized carbons (Fsp3) is 0.250. The van der Waals surface area contributed by atoms with E-state index in [1.165, 1.54) is 6.07 Å². The van der Waals surface area contributed by atoms with Gasteiger partial charge in [-0.05, 0) is 57.2 Å². The third-order valence-corrected chi connectivity index (χ3v) is 3.51. The average Bonchev–Trinajstić information content (AvgIpc) is 2.61. The van der Waals surface area contributed by atoms with Gasteiger partial charge in [-0.15, -0.1) is 0 Å². The molecule has 30 heavy (non-hydrogen) atoms. The van der Waals surface area contributed by atoms with Crippen molar-refractivity contribution in [3.63, 3.8) is 0 Å². The summed E-state index contributed by atoms with van der Waals surface area (Å²) in [6, 6.07) is 6.89. The largest absolute Gasteiger partial charge is 0.444 e. The van der Waals surface area contributed by atoms with E-state index in [2.05, 4.69) is 10.6 Å². The molecule has 0 fully saturated rings. The minimum atomic E-state index is -4.77. The fourth-order valence-corrected chi connectivity index (χ4v) is 2.30. The number of rotatable bonds is 3. The maximum atomic E-state index is 14.1. The molecular formula is C20H17F4N3O3. The summed E-state index contributed by atoms with van der Waals surface area (Å²) in [5.41, 5.74) is -3.12. The molecule has 0 aromatic heterocycles. The van der Waals surface area contributed by atoms with E-state index in [0.717, 1.165) is 18.2 Å². The zero-order chi connectivity index (χ0) is 22.7. The van der Waals surface area contributed by atoms with E-state index >= 15 is 0 Å². The fourth-order valence-electron chi connectivity index (χ4n) is 2.30. The van der Waals surface area contributed by atoms with Crippen molar-refractivity contribution in [2.45, 2.75) is 32.5 Å². The Bertz CT molecular complexity index is 1020. The van der Waals surface area contributed by atoms with Gasteiger partial charge in [-0.3, -0.25) is 10.1 Å². The van der Waals surface area contributed by atoms with Gasteiger partial charge in [0, 0.05) is 11.3 Å². The molecule has 2 aromatic carbocycles. The minimum absolute atomic E-state index is 0.0858. The normalized spacial score (nSPS) is 11.4. The molecule has 0 radical (unpaired) electrons. The summed E-state index contributed by atoms with van der Waals surface area (Å²) in [5.74, 6) is -1.95. The monoisotopic (exact) mass is 423 g/mol. The number of alkyl halides is 3. The summed E-state index contributed by atoms with van der Waals surface area (Å²) in [4.78, 5) is 24.2. The number of benzene rings is 2. The smallest absolute Gasteiger partial charge is 0.416 e. The number of hydrogen-bond acceptors (Lipinski definition) is 4. The van der Waals surface area contributed by atoms with Crippen LogP contribution in [0.1, 0.15) is 42.3 Å². The molecular weight excluding hydrogens is 406 g/mol. The summed E-state index contributed by atoms with van der Waals surface area (Å²) >= 11 is 0. The van der Waals surface area contributed by atoms with Crippen LogP contribution in [-0.2, 0) is 10.9 Å². The first-order valence-corrected chi connectivity index (χ1v) is 8.52. The van der Waals surface area contributed by atoms with Gasteiger partial charge in [-0.1, -0.05) is 0 Å². The first-order valence-electron chi connectivity index (χ1n) is 8.52. The molecule has 0 aliphatic heterocycles. The minimum Gasteiger partial charge on any atom is -0.444 e. The third-order valence-electron chi connectivity index (χ3n) is 3.51. The van der Waals surface area contributed by atoms with Gasteiger partial charge in [-0.25, -0.2) is 9.18 Å². The van der Waals surface area contributed by atoms with E-state index in [1.807, 2.05) is 0 Å². The third kappa shape index (κ3) is 6.20. The Morgan fingerprint density at radius 2 is 1.70 bits per heavy atom. The molecule has 2 N–H and O–H groups in total. The second kappa shape index (κ2) is 8.41. The molecule has 0 spiro atoms. The second-order valence-electron chi connectivity index (χ2n) is 7.18. The molecule has 158 valence electrons. The standard InChI is InChI=1S/C20H17F4N3O3/c1-19(2,3)30-18(29)26-14-4-5-15(21)16(9-14)27-17(28)12-6-11(10-25)7-13(8-12)20(22,23)24/h4-9H,1-3H3,(H,26,29)(H,27,28). The Labute approximate surface area is 169 Å². The van der Waals surface area contributed by atoms with Crippen LogP contribution in [0.25, 0.3) is 0 Å². The number of hydrogen-bond donors (Lipinski definition) is 2. The highest BCUT2D eigenvalue weighted by atomic mass is 19.4. The summed E-state index contributed by atoms with van der Waals surface area (Å²) in [7, 11) is 0. The van der Waals surface area contributed by atoms with Gasteiger partial charge in [0.05, 0.1) is 22.9 Å². The highest BCUT2D eigenvalue weighted by Crippen LogP contribution is 2.31. The molecule has 0 saturated carbocycles. The molecule has 0 saturated heterocycles. The molecule has 0 aliphatic carbocycles. The molecule has 2 rings (SSSR count). The quantitative estimate of drug-likeness (QED) is 0.654. The van der Waals surface area contributed by atoms with Gasteiger partial charge in [0.15, 0.2) is 0 Å². The van der Waals surface area contributed by atoms with Gasteiger partial charge in [-0.2, -0.15) is 18.4 Å².